The van der Waals surface area contributed by atoms with Crippen molar-refractivity contribution in [2.24, 2.45) is 0 Å². The lowest BCUT2D eigenvalue weighted by Gasteiger charge is -2.31. The summed E-state index contributed by atoms with van der Waals surface area (Å²) >= 11 is 0. The second-order valence-corrected chi connectivity index (χ2v) is 7.60. The van der Waals surface area contributed by atoms with Crippen molar-refractivity contribution in [1.82, 2.24) is 9.97 Å². The molecule has 2 amide bonds. The molecule has 1 aromatic heterocycles. The average Bonchev–Trinajstić information content (AvgIpc) is 2.89. The second kappa shape index (κ2) is 10.5. The Bertz CT molecular complexity index is 1250. The minimum Gasteiger partial charge on any atom is -0.324 e. The maximum absolute atomic E-state index is 13.7. The number of carbonyl (C=O) groups excluding carboxylic acids is 2. The summed E-state index contributed by atoms with van der Waals surface area (Å²) in [6.45, 7) is 2.04. The van der Waals surface area contributed by atoms with E-state index in [4.69, 9.17) is 0 Å². The molecule has 0 bridgehead atoms. The van der Waals surface area contributed by atoms with Gasteiger partial charge in [0.1, 0.15) is 17.6 Å². The minimum atomic E-state index is -1.02. The van der Waals surface area contributed by atoms with Crippen LogP contribution >= 0.6 is 0 Å². The molecule has 3 aromatic carbocycles. The van der Waals surface area contributed by atoms with Crippen molar-refractivity contribution in [3.63, 3.8) is 0 Å². The van der Waals surface area contributed by atoms with Gasteiger partial charge in [0.2, 0.25) is 0 Å². The van der Waals surface area contributed by atoms with Crippen molar-refractivity contribution in [3.05, 3.63) is 120 Å². The zero-order valence-corrected chi connectivity index (χ0v) is 18.6. The number of anilines is 2. The number of hydrogen-bond acceptors (Lipinski definition) is 4. The standard InChI is InChI=1S/C27H23FN4O2/c1-2-19-8-14-23(15-9-19)32(27(34)24-18-29-16-17-30-24)25(20-6-4-3-5-7-20)26(33)31-22-12-10-21(28)11-13-22/h3-18,25H,2H2,1H3,(H,31,33)/t25-/m1/s1. The van der Waals surface area contributed by atoms with E-state index in [2.05, 4.69) is 15.3 Å². The number of carbonyl (C=O) groups is 2. The lowest BCUT2D eigenvalue weighted by Crippen LogP contribution is -2.42. The molecular weight excluding hydrogens is 431 g/mol. The van der Waals surface area contributed by atoms with Gasteiger partial charge in [0.05, 0.1) is 6.20 Å². The molecule has 0 aliphatic heterocycles. The Morgan fingerprint density at radius 1 is 0.941 bits per heavy atom. The number of nitrogens with zero attached hydrogens (tertiary/aromatic N) is 3. The summed E-state index contributed by atoms with van der Waals surface area (Å²) < 4.78 is 13.4. The molecular formula is C27H23FN4O2. The third kappa shape index (κ3) is 5.15. The van der Waals surface area contributed by atoms with E-state index in [0.717, 1.165) is 12.0 Å². The van der Waals surface area contributed by atoms with Gasteiger partial charge in [-0.3, -0.25) is 19.5 Å². The van der Waals surface area contributed by atoms with Crippen molar-refractivity contribution < 1.29 is 14.0 Å². The summed E-state index contributed by atoms with van der Waals surface area (Å²) in [5, 5.41) is 2.81. The third-order valence-electron chi connectivity index (χ3n) is 5.36. The van der Waals surface area contributed by atoms with Gasteiger partial charge in [-0.05, 0) is 53.9 Å². The zero-order valence-electron chi connectivity index (χ0n) is 18.6. The summed E-state index contributed by atoms with van der Waals surface area (Å²) in [6, 6.07) is 20.9. The van der Waals surface area contributed by atoms with Gasteiger partial charge in [-0.2, -0.15) is 0 Å². The van der Waals surface area contributed by atoms with Gasteiger partial charge >= 0.3 is 0 Å². The van der Waals surface area contributed by atoms with Crippen LogP contribution < -0.4 is 10.2 Å². The highest BCUT2D eigenvalue weighted by Gasteiger charge is 2.34. The summed E-state index contributed by atoms with van der Waals surface area (Å²) in [7, 11) is 0. The fraction of sp³-hybridized carbons (Fsp3) is 0.111. The first-order valence-corrected chi connectivity index (χ1v) is 10.9. The summed E-state index contributed by atoms with van der Waals surface area (Å²) in [6.07, 6.45) is 5.12. The van der Waals surface area contributed by atoms with Crippen molar-refractivity contribution in [2.75, 3.05) is 10.2 Å². The Hall–Kier alpha value is -4.39. The van der Waals surface area contributed by atoms with Crippen molar-refractivity contribution in [2.45, 2.75) is 19.4 Å². The highest BCUT2D eigenvalue weighted by Crippen LogP contribution is 2.31. The molecule has 0 saturated carbocycles. The second-order valence-electron chi connectivity index (χ2n) is 7.60. The number of halogens is 1. The highest BCUT2D eigenvalue weighted by atomic mass is 19.1. The molecule has 6 nitrogen and oxygen atoms in total. The Morgan fingerprint density at radius 3 is 2.26 bits per heavy atom. The maximum Gasteiger partial charge on any atom is 0.279 e. The van der Waals surface area contributed by atoms with Gasteiger partial charge < -0.3 is 5.32 Å². The average molecular weight is 455 g/mol. The Balaban J connectivity index is 1.82. The molecule has 0 aliphatic carbocycles. The molecule has 4 rings (SSSR count). The van der Waals surface area contributed by atoms with E-state index in [9.17, 15) is 14.0 Å². The van der Waals surface area contributed by atoms with Crippen LogP contribution in [0.15, 0.2) is 97.5 Å². The molecule has 1 N–H and O–H groups in total. The molecule has 0 aliphatic rings. The lowest BCUT2D eigenvalue weighted by atomic mass is 10.0. The monoisotopic (exact) mass is 454 g/mol. The van der Waals surface area contributed by atoms with Gasteiger partial charge in [0, 0.05) is 23.8 Å². The van der Waals surface area contributed by atoms with Crippen LogP contribution in [0.1, 0.15) is 34.6 Å². The molecule has 0 saturated heterocycles. The van der Waals surface area contributed by atoms with E-state index in [1.54, 1.807) is 24.3 Å². The Morgan fingerprint density at radius 2 is 1.65 bits per heavy atom. The van der Waals surface area contributed by atoms with E-state index in [-0.39, 0.29) is 5.69 Å². The van der Waals surface area contributed by atoms with Gasteiger partial charge in [0.25, 0.3) is 11.8 Å². The molecule has 0 spiro atoms. The Kier molecular flexibility index (Phi) is 7.03. The van der Waals surface area contributed by atoms with E-state index >= 15 is 0 Å². The fourth-order valence-corrected chi connectivity index (χ4v) is 3.61. The first-order valence-electron chi connectivity index (χ1n) is 10.9. The van der Waals surface area contributed by atoms with Crippen molar-refractivity contribution in [1.29, 1.82) is 0 Å². The van der Waals surface area contributed by atoms with Crippen LogP contribution in [-0.4, -0.2) is 21.8 Å². The predicted octanol–water partition coefficient (Wildman–Crippen LogP) is 5.20. The predicted molar refractivity (Wildman–Crippen MR) is 129 cm³/mol. The zero-order chi connectivity index (χ0) is 23.9. The van der Waals surface area contributed by atoms with Crippen LogP contribution in [0.4, 0.5) is 15.8 Å². The van der Waals surface area contributed by atoms with Gasteiger partial charge in [0.15, 0.2) is 0 Å². The van der Waals surface area contributed by atoms with E-state index in [1.165, 1.54) is 47.8 Å². The van der Waals surface area contributed by atoms with Crippen LogP contribution in [0.2, 0.25) is 0 Å². The topological polar surface area (TPSA) is 75.2 Å². The molecule has 0 radical (unpaired) electrons. The normalized spacial score (nSPS) is 11.5. The SMILES string of the molecule is CCc1ccc(N(C(=O)c2cnccn2)[C@@H](C(=O)Nc2ccc(F)cc2)c2ccccc2)cc1. The summed E-state index contributed by atoms with van der Waals surface area (Å²) in [5.41, 5.74) is 2.77. The molecule has 34 heavy (non-hydrogen) atoms. The number of aryl methyl sites for hydroxylation is 1. The molecule has 0 unspecified atom stereocenters. The van der Waals surface area contributed by atoms with Crippen molar-refractivity contribution in [3.8, 4) is 0 Å². The molecule has 1 atom stereocenters. The Labute approximate surface area is 197 Å². The van der Waals surface area contributed by atoms with Crippen LogP contribution in [0, 0.1) is 5.82 Å². The van der Waals surface area contributed by atoms with Gasteiger partial charge in [-0.15, -0.1) is 0 Å². The quantitative estimate of drug-likeness (QED) is 0.416. The maximum atomic E-state index is 13.7. The van der Waals surface area contributed by atoms with Crippen LogP contribution in [0.3, 0.4) is 0 Å². The number of nitrogens with one attached hydrogen (secondary N) is 1. The lowest BCUT2D eigenvalue weighted by molar-refractivity contribution is -0.117. The number of aromatic nitrogens is 2. The molecule has 1 heterocycles. The number of amides is 2. The van der Waals surface area contributed by atoms with Crippen LogP contribution in [0.5, 0.6) is 0 Å². The number of hydrogen-bond donors (Lipinski definition) is 1. The van der Waals surface area contributed by atoms with Gasteiger partial charge in [-0.1, -0.05) is 49.4 Å². The largest absolute Gasteiger partial charge is 0.324 e. The molecule has 7 heteroatoms. The van der Waals surface area contributed by atoms with Crippen LogP contribution in [0.25, 0.3) is 0 Å². The summed E-state index contributed by atoms with van der Waals surface area (Å²) in [5.74, 6) is -1.33. The smallest absolute Gasteiger partial charge is 0.279 e. The minimum absolute atomic E-state index is 0.109. The van der Waals surface area contributed by atoms with E-state index < -0.39 is 23.7 Å². The number of benzene rings is 3. The van der Waals surface area contributed by atoms with Gasteiger partial charge in [-0.25, -0.2) is 9.37 Å². The van der Waals surface area contributed by atoms with E-state index in [0.29, 0.717) is 16.9 Å². The van der Waals surface area contributed by atoms with Crippen LogP contribution in [-0.2, 0) is 11.2 Å². The first-order chi connectivity index (χ1) is 16.6. The molecule has 170 valence electrons. The van der Waals surface area contributed by atoms with Crippen molar-refractivity contribution >= 4 is 23.2 Å². The van der Waals surface area contributed by atoms with E-state index in [1.807, 2.05) is 37.3 Å². The number of rotatable bonds is 7. The fourth-order valence-electron chi connectivity index (χ4n) is 3.61. The summed E-state index contributed by atoms with van der Waals surface area (Å²) in [4.78, 5) is 36.9. The molecule has 4 aromatic rings. The highest BCUT2D eigenvalue weighted by molar-refractivity contribution is 6.11. The molecule has 0 fully saturated rings. The third-order valence-corrected chi connectivity index (χ3v) is 5.36. The first kappa shape index (κ1) is 22.8.